The molecule has 2 heterocycles. The number of pyridine rings is 1. The van der Waals surface area contributed by atoms with E-state index in [0.717, 1.165) is 6.07 Å². The van der Waals surface area contributed by atoms with E-state index in [1.54, 1.807) is 13.2 Å². The fourth-order valence-electron chi connectivity index (χ4n) is 3.11. The van der Waals surface area contributed by atoms with Gasteiger partial charge in [0.2, 0.25) is 0 Å². The van der Waals surface area contributed by atoms with Gasteiger partial charge in [0, 0.05) is 45.0 Å². The number of alkyl halides is 3. The molecule has 156 valence electrons. The molecule has 1 amide bonds. The number of nitrogens with zero attached hydrogens (tertiary/aromatic N) is 3. The molecule has 0 atom stereocenters. The van der Waals surface area contributed by atoms with Gasteiger partial charge in [0.25, 0.3) is 5.91 Å². The first kappa shape index (κ1) is 20.9. The molecule has 0 radical (unpaired) electrons. The lowest BCUT2D eigenvalue weighted by molar-refractivity contribution is -0.138. The van der Waals surface area contributed by atoms with Gasteiger partial charge in [-0.05, 0) is 24.3 Å². The molecule has 6 nitrogen and oxygen atoms in total. The average molecular weight is 409 g/mol. The molecule has 0 unspecified atom stereocenters. The molecule has 1 aromatic carbocycles. The number of carbonyl (C=O) groups excluding carboxylic acids is 1. The summed E-state index contributed by atoms with van der Waals surface area (Å²) in [6.07, 6.45) is -3.41. The van der Waals surface area contributed by atoms with Gasteiger partial charge in [-0.15, -0.1) is 0 Å². The zero-order chi connectivity index (χ0) is 20.9. The van der Waals surface area contributed by atoms with Crippen molar-refractivity contribution < 1.29 is 27.4 Å². The molecule has 0 spiro atoms. The van der Waals surface area contributed by atoms with Crippen LogP contribution in [0.25, 0.3) is 0 Å². The van der Waals surface area contributed by atoms with E-state index in [4.69, 9.17) is 9.47 Å². The zero-order valence-corrected chi connectivity index (χ0v) is 16.0. The van der Waals surface area contributed by atoms with Gasteiger partial charge in [0.05, 0.1) is 12.7 Å². The summed E-state index contributed by atoms with van der Waals surface area (Å²) < 4.78 is 50.2. The Balaban J connectivity index is 1.50. The monoisotopic (exact) mass is 409 g/mol. The fraction of sp³-hybridized carbons (Fsp3) is 0.400. The van der Waals surface area contributed by atoms with Gasteiger partial charge in [-0.25, -0.2) is 0 Å². The molecule has 1 aromatic heterocycles. The van der Waals surface area contributed by atoms with Crippen molar-refractivity contribution in [2.45, 2.75) is 6.18 Å². The Labute approximate surface area is 166 Å². The zero-order valence-electron chi connectivity index (χ0n) is 16.0. The molecule has 9 heteroatoms. The quantitative estimate of drug-likeness (QED) is 0.734. The third kappa shape index (κ3) is 5.38. The molecule has 0 aliphatic carbocycles. The Bertz CT molecular complexity index is 837. The Morgan fingerprint density at radius 3 is 2.52 bits per heavy atom. The van der Waals surface area contributed by atoms with Gasteiger partial charge < -0.3 is 14.4 Å². The number of ether oxygens (including phenoxy) is 2. The van der Waals surface area contributed by atoms with Gasteiger partial charge in [-0.2, -0.15) is 13.2 Å². The Morgan fingerprint density at radius 1 is 1.10 bits per heavy atom. The number of hydrogen-bond donors (Lipinski definition) is 0. The average Bonchev–Trinajstić information content (AvgIpc) is 2.73. The van der Waals surface area contributed by atoms with Crippen LogP contribution in [0.15, 0.2) is 42.6 Å². The minimum absolute atomic E-state index is 0.339. The summed E-state index contributed by atoms with van der Waals surface area (Å²) in [5, 5.41) is 0. The Morgan fingerprint density at radius 2 is 1.83 bits per heavy atom. The van der Waals surface area contributed by atoms with Crippen molar-refractivity contribution in [2.24, 2.45) is 0 Å². The fourth-order valence-corrected chi connectivity index (χ4v) is 3.11. The number of benzene rings is 1. The summed E-state index contributed by atoms with van der Waals surface area (Å²) in [5.41, 5.74) is -1.55. The predicted molar refractivity (Wildman–Crippen MR) is 100 cm³/mol. The molecule has 0 N–H and O–H groups in total. The van der Waals surface area contributed by atoms with Crippen LogP contribution >= 0.6 is 0 Å². The van der Waals surface area contributed by atoms with Crippen LogP contribution in [0.1, 0.15) is 16.1 Å². The molecular weight excluding hydrogens is 387 g/mol. The van der Waals surface area contributed by atoms with Crippen molar-refractivity contribution >= 4 is 5.91 Å². The molecule has 3 rings (SSSR count). The van der Waals surface area contributed by atoms with Crippen molar-refractivity contribution in [3.8, 4) is 11.5 Å². The van der Waals surface area contributed by atoms with Crippen molar-refractivity contribution in [3.05, 3.63) is 53.9 Å². The summed E-state index contributed by atoms with van der Waals surface area (Å²) in [7, 11) is 1.59. The lowest BCUT2D eigenvalue weighted by atomic mass is 10.1. The third-order valence-corrected chi connectivity index (χ3v) is 4.69. The van der Waals surface area contributed by atoms with E-state index in [1.807, 2.05) is 18.2 Å². The second kappa shape index (κ2) is 9.13. The van der Waals surface area contributed by atoms with Crippen molar-refractivity contribution in [1.82, 2.24) is 14.8 Å². The smallest absolute Gasteiger partial charge is 0.418 e. The number of hydrogen-bond acceptors (Lipinski definition) is 5. The maximum absolute atomic E-state index is 13.1. The van der Waals surface area contributed by atoms with E-state index < -0.39 is 23.3 Å². The van der Waals surface area contributed by atoms with Gasteiger partial charge in [0.1, 0.15) is 23.8 Å². The molecule has 1 fully saturated rings. The van der Waals surface area contributed by atoms with Gasteiger partial charge in [-0.1, -0.05) is 6.07 Å². The summed E-state index contributed by atoms with van der Waals surface area (Å²) in [6.45, 7) is 2.90. The van der Waals surface area contributed by atoms with E-state index in [1.165, 1.54) is 17.2 Å². The predicted octanol–water partition coefficient (Wildman–Crippen LogP) is 2.95. The van der Waals surface area contributed by atoms with Crippen LogP contribution in [0.3, 0.4) is 0 Å². The summed E-state index contributed by atoms with van der Waals surface area (Å²) >= 11 is 0. The highest BCUT2D eigenvalue weighted by Gasteiger charge is 2.37. The van der Waals surface area contributed by atoms with Gasteiger partial charge in [-0.3, -0.25) is 14.7 Å². The van der Waals surface area contributed by atoms with E-state index in [0.29, 0.717) is 50.8 Å². The van der Waals surface area contributed by atoms with Gasteiger partial charge in [0.15, 0.2) is 0 Å². The number of carbonyl (C=O) groups is 1. The van der Waals surface area contributed by atoms with Crippen LogP contribution in [-0.2, 0) is 6.18 Å². The number of halogens is 3. The van der Waals surface area contributed by atoms with Crippen LogP contribution in [0.4, 0.5) is 13.2 Å². The van der Waals surface area contributed by atoms with Crippen LogP contribution in [0.2, 0.25) is 0 Å². The summed E-state index contributed by atoms with van der Waals surface area (Å²) in [6, 6.07) is 9.36. The highest BCUT2D eigenvalue weighted by Crippen LogP contribution is 2.31. The standard InChI is InChI=1S/C20H22F3N3O3/c1-28-15-4-2-5-16(14-15)29-13-12-25-8-10-26(11-9-25)19(27)18-17(20(21,22)23)6-3-7-24-18/h2-7,14H,8-13H2,1H3. The third-order valence-electron chi connectivity index (χ3n) is 4.69. The maximum Gasteiger partial charge on any atom is 0.418 e. The number of piperazine rings is 1. The van der Waals surface area contributed by atoms with Crippen molar-refractivity contribution in [2.75, 3.05) is 46.4 Å². The first-order valence-corrected chi connectivity index (χ1v) is 9.19. The van der Waals surface area contributed by atoms with Crippen LogP contribution < -0.4 is 9.47 Å². The topological polar surface area (TPSA) is 54.9 Å². The van der Waals surface area contributed by atoms with Crippen LogP contribution in [0, 0.1) is 0 Å². The summed E-state index contributed by atoms with van der Waals surface area (Å²) in [5.74, 6) is 0.723. The first-order chi connectivity index (χ1) is 13.9. The number of aromatic nitrogens is 1. The Kier molecular flexibility index (Phi) is 6.58. The van der Waals surface area contributed by atoms with Crippen molar-refractivity contribution in [1.29, 1.82) is 0 Å². The summed E-state index contributed by atoms with van der Waals surface area (Å²) in [4.78, 5) is 19.7. The first-order valence-electron chi connectivity index (χ1n) is 9.19. The van der Waals surface area contributed by atoms with E-state index in [2.05, 4.69) is 9.88 Å². The molecule has 0 saturated carbocycles. The highest BCUT2D eigenvalue weighted by molar-refractivity contribution is 5.94. The minimum Gasteiger partial charge on any atom is -0.497 e. The number of rotatable bonds is 6. The Hall–Kier alpha value is -2.81. The molecule has 29 heavy (non-hydrogen) atoms. The molecule has 1 aliphatic rings. The molecule has 1 saturated heterocycles. The number of methoxy groups -OCH3 is 1. The maximum atomic E-state index is 13.1. The van der Waals surface area contributed by atoms with E-state index in [-0.39, 0.29) is 0 Å². The lowest BCUT2D eigenvalue weighted by Crippen LogP contribution is -2.50. The lowest BCUT2D eigenvalue weighted by Gasteiger charge is -2.34. The normalized spacial score (nSPS) is 15.2. The van der Waals surface area contributed by atoms with Crippen LogP contribution in [0.5, 0.6) is 11.5 Å². The molecule has 1 aliphatic heterocycles. The van der Waals surface area contributed by atoms with E-state index >= 15 is 0 Å². The second-order valence-electron chi connectivity index (χ2n) is 6.56. The largest absolute Gasteiger partial charge is 0.497 e. The van der Waals surface area contributed by atoms with Crippen LogP contribution in [-0.4, -0.2) is 67.1 Å². The molecule has 2 aromatic rings. The molecule has 0 bridgehead atoms. The minimum atomic E-state index is -4.61. The van der Waals surface area contributed by atoms with E-state index in [9.17, 15) is 18.0 Å². The van der Waals surface area contributed by atoms with Gasteiger partial charge >= 0.3 is 6.18 Å². The SMILES string of the molecule is COc1cccc(OCCN2CCN(C(=O)c3ncccc3C(F)(F)F)CC2)c1. The van der Waals surface area contributed by atoms with Crippen molar-refractivity contribution in [3.63, 3.8) is 0 Å². The molecular formula is C20H22F3N3O3. The number of amides is 1. The second-order valence-corrected chi connectivity index (χ2v) is 6.56. The highest BCUT2D eigenvalue weighted by atomic mass is 19.4.